The second-order valence-electron chi connectivity index (χ2n) is 5.58. The Morgan fingerprint density at radius 1 is 0.913 bits per heavy atom. The molecule has 2 aromatic carbocycles. The molecule has 0 aliphatic carbocycles. The van der Waals surface area contributed by atoms with Gasteiger partial charge in [0.25, 0.3) is 0 Å². The van der Waals surface area contributed by atoms with E-state index < -0.39 is 0 Å². The van der Waals surface area contributed by atoms with Crippen molar-refractivity contribution in [3.8, 4) is 0 Å². The molecule has 0 saturated carbocycles. The fourth-order valence-corrected chi connectivity index (χ4v) is 3.52. The van der Waals surface area contributed by atoms with Crippen LogP contribution in [0.2, 0.25) is 0 Å². The van der Waals surface area contributed by atoms with Crippen molar-refractivity contribution in [3.63, 3.8) is 0 Å². The topological polar surface area (TPSA) is 42.7 Å². The van der Waals surface area contributed by atoms with E-state index in [2.05, 4.69) is 95.8 Å². The maximum absolute atomic E-state index is 4.40. The van der Waals surface area contributed by atoms with Gasteiger partial charge in [-0.2, -0.15) is 10.1 Å². The molecular formula is C17H14Br2N4. The van der Waals surface area contributed by atoms with Crippen molar-refractivity contribution in [2.75, 3.05) is 5.32 Å². The van der Waals surface area contributed by atoms with Gasteiger partial charge in [-0.1, -0.05) is 56.1 Å². The lowest BCUT2D eigenvalue weighted by atomic mass is 9.93. The lowest BCUT2D eigenvalue weighted by Crippen LogP contribution is -2.28. The highest BCUT2D eigenvalue weighted by molar-refractivity contribution is 9.10. The van der Waals surface area contributed by atoms with Crippen molar-refractivity contribution in [1.82, 2.24) is 14.8 Å². The van der Waals surface area contributed by atoms with Gasteiger partial charge in [0.2, 0.25) is 5.95 Å². The summed E-state index contributed by atoms with van der Waals surface area (Å²) < 4.78 is 4.14. The Morgan fingerprint density at radius 2 is 1.52 bits per heavy atom. The van der Waals surface area contributed by atoms with Gasteiger partial charge in [-0.05, 0) is 41.8 Å². The molecule has 0 saturated heterocycles. The maximum Gasteiger partial charge on any atom is 0.222 e. The maximum atomic E-state index is 4.40. The van der Waals surface area contributed by atoms with Crippen molar-refractivity contribution in [2.45, 2.75) is 18.5 Å². The van der Waals surface area contributed by atoms with Crippen molar-refractivity contribution in [1.29, 1.82) is 0 Å². The fourth-order valence-electron chi connectivity index (χ4n) is 3.00. The molecule has 0 spiro atoms. The van der Waals surface area contributed by atoms with Gasteiger partial charge in [0.05, 0.1) is 12.1 Å². The minimum absolute atomic E-state index is 0.176. The summed E-state index contributed by atoms with van der Waals surface area (Å²) in [7, 11) is 0. The number of nitrogens with zero attached hydrogens (tertiary/aromatic N) is 3. The molecule has 0 amide bonds. The van der Waals surface area contributed by atoms with E-state index in [9.17, 15) is 0 Å². The molecular weight excluding hydrogens is 420 g/mol. The summed E-state index contributed by atoms with van der Waals surface area (Å²) in [6.07, 6.45) is 2.54. The Hall–Kier alpha value is -1.66. The molecule has 2 heterocycles. The Kier molecular flexibility index (Phi) is 3.95. The number of benzene rings is 2. The van der Waals surface area contributed by atoms with Gasteiger partial charge in [-0.15, -0.1) is 0 Å². The molecule has 116 valence electrons. The van der Waals surface area contributed by atoms with Gasteiger partial charge in [0.15, 0.2) is 0 Å². The summed E-state index contributed by atoms with van der Waals surface area (Å²) in [4.78, 5) is 4.37. The Morgan fingerprint density at radius 3 is 2.17 bits per heavy atom. The van der Waals surface area contributed by atoms with Crippen LogP contribution < -0.4 is 5.32 Å². The van der Waals surface area contributed by atoms with E-state index in [0.717, 1.165) is 21.3 Å². The highest BCUT2D eigenvalue weighted by Gasteiger charge is 2.29. The Bertz CT molecular complexity index is 811. The molecule has 4 nitrogen and oxygen atoms in total. The molecule has 0 unspecified atom stereocenters. The summed E-state index contributed by atoms with van der Waals surface area (Å²) in [6, 6.07) is 17.3. The molecule has 0 bridgehead atoms. The second kappa shape index (κ2) is 6.09. The first-order valence-electron chi connectivity index (χ1n) is 7.38. The molecule has 1 N–H and O–H groups in total. The molecule has 1 aliphatic rings. The SMILES string of the molecule is Brc1ccc([C@H]2C[C@H](c3ccc(Br)cc3)Nc3ncnn32)cc1. The summed E-state index contributed by atoms with van der Waals surface area (Å²) in [5.41, 5.74) is 2.49. The smallest absolute Gasteiger partial charge is 0.222 e. The van der Waals surface area contributed by atoms with Crippen molar-refractivity contribution in [3.05, 3.63) is 74.9 Å². The third-order valence-electron chi connectivity index (χ3n) is 4.16. The number of rotatable bonds is 2. The third kappa shape index (κ3) is 2.93. The molecule has 0 radical (unpaired) electrons. The number of fused-ring (bicyclic) bond motifs is 1. The van der Waals surface area contributed by atoms with Gasteiger partial charge in [-0.25, -0.2) is 4.68 Å². The van der Waals surface area contributed by atoms with Crippen LogP contribution in [0, 0.1) is 0 Å². The Labute approximate surface area is 151 Å². The number of anilines is 1. The van der Waals surface area contributed by atoms with E-state index >= 15 is 0 Å². The molecule has 3 aromatic rings. The molecule has 4 rings (SSSR count). The standard InChI is InChI=1S/C17H14Br2N4/c18-13-5-1-11(2-6-13)15-9-16(12-3-7-14(19)8-4-12)23-17(22-15)20-10-21-23/h1-8,10,15-16H,9H2,(H,20,21,22)/t15-,16-/m1/s1. The van der Waals surface area contributed by atoms with Crippen LogP contribution in [0.1, 0.15) is 29.6 Å². The van der Waals surface area contributed by atoms with Crippen LogP contribution in [0.25, 0.3) is 0 Å². The second-order valence-corrected chi connectivity index (χ2v) is 7.41. The molecule has 1 aliphatic heterocycles. The van der Waals surface area contributed by atoms with Gasteiger partial charge >= 0.3 is 0 Å². The number of hydrogen-bond acceptors (Lipinski definition) is 3. The quantitative estimate of drug-likeness (QED) is 0.621. The van der Waals surface area contributed by atoms with Crippen LogP contribution in [0.5, 0.6) is 0 Å². The van der Waals surface area contributed by atoms with Crippen molar-refractivity contribution < 1.29 is 0 Å². The lowest BCUT2D eigenvalue weighted by molar-refractivity contribution is 0.431. The zero-order valence-corrected chi connectivity index (χ0v) is 15.3. The zero-order valence-electron chi connectivity index (χ0n) is 12.2. The highest BCUT2D eigenvalue weighted by Crippen LogP contribution is 2.37. The summed E-state index contributed by atoms with van der Waals surface area (Å²) in [5.74, 6) is 0.817. The summed E-state index contributed by atoms with van der Waals surface area (Å²) in [5, 5.41) is 7.89. The average Bonchev–Trinajstić information content (AvgIpc) is 3.04. The monoisotopic (exact) mass is 432 g/mol. The van der Waals surface area contributed by atoms with Crippen LogP contribution >= 0.6 is 31.9 Å². The first kappa shape index (κ1) is 14.9. The van der Waals surface area contributed by atoms with E-state index in [0.29, 0.717) is 0 Å². The van der Waals surface area contributed by atoms with E-state index in [1.807, 2.05) is 4.68 Å². The van der Waals surface area contributed by atoms with E-state index in [4.69, 9.17) is 0 Å². The van der Waals surface area contributed by atoms with Crippen LogP contribution in [0.15, 0.2) is 63.8 Å². The first-order valence-corrected chi connectivity index (χ1v) is 8.96. The highest BCUT2D eigenvalue weighted by atomic mass is 79.9. The Balaban J connectivity index is 1.71. The molecule has 0 fully saturated rings. The summed E-state index contributed by atoms with van der Waals surface area (Å²) in [6.45, 7) is 0. The van der Waals surface area contributed by atoms with E-state index in [-0.39, 0.29) is 12.1 Å². The number of aromatic nitrogens is 3. The lowest BCUT2D eigenvalue weighted by Gasteiger charge is -2.31. The number of halogens is 2. The number of hydrogen-bond donors (Lipinski definition) is 1. The van der Waals surface area contributed by atoms with Crippen LogP contribution in [0.4, 0.5) is 5.95 Å². The van der Waals surface area contributed by atoms with Crippen molar-refractivity contribution in [2.24, 2.45) is 0 Å². The third-order valence-corrected chi connectivity index (χ3v) is 5.22. The molecule has 23 heavy (non-hydrogen) atoms. The molecule has 6 heteroatoms. The normalized spacial score (nSPS) is 19.9. The average molecular weight is 434 g/mol. The predicted octanol–water partition coefficient (Wildman–Crippen LogP) is 4.95. The molecule has 2 atom stereocenters. The van der Waals surface area contributed by atoms with Gasteiger partial charge < -0.3 is 5.32 Å². The fraction of sp³-hybridized carbons (Fsp3) is 0.176. The van der Waals surface area contributed by atoms with Gasteiger partial charge in [0.1, 0.15) is 6.33 Å². The van der Waals surface area contributed by atoms with Crippen molar-refractivity contribution >= 4 is 37.8 Å². The van der Waals surface area contributed by atoms with Crippen LogP contribution in [0.3, 0.4) is 0 Å². The first-order chi connectivity index (χ1) is 11.2. The van der Waals surface area contributed by atoms with Gasteiger partial charge in [-0.3, -0.25) is 0 Å². The van der Waals surface area contributed by atoms with Gasteiger partial charge in [0, 0.05) is 8.95 Å². The minimum atomic E-state index is 0.176. The molecule has 1 aromatic heterocycles. The largest absolute Gasteiger partial charge is 0.348 e. The van der Waals surface area contributed by atoms with E-state index in [1.165, 1.54) is 11.1 Å². The summed E-state index contributed by atoms with van der Waals surface area (Å²) >= 11 is 6.99. The predicted molar refractivity (Wildman–Crippen MR) is 97.4 cm³/mol. The van der Waals surface area contributed by atoms with Crippen LogP contribution in [-0.4, -0.2) is 14.8 Å². The van der Waals surface area contributed by atoms with E-state index in [1.54, 1.807) is 6.33 Å². The minimum Gasteiger partial charge on any atom is -0.348 e. The van der Waals surface area contributed by atoms with Crippen LogP contribution in [-0.2, 0) is 0 Å². The number of nitrogens with one attached hydrogen (secondary N) is 1. The zero-order chi connectivity index (χ0) is 15.8.